The van der Waals surface area contributed by atoms with Gasteiger partial charge in [0.15, 0.2) is 0 Å². The van der Waals surface area contributed by atoms with Gasteiger partial charge in [0.05, 0.1) is 10.8 Å². The molecule has 1 aromatic heterocycles. The van der Waals surface area contributed by atoms with Crippen LogP contribution in [0.1, 0.15) is 43.7 Å². The van der Waals surface area contributed by atoms with E-state index in [-0.39, 0.29) is 16.8 Å². The van der Waals surface area contributed by atoms with Crippen LogP contribution in [0.5, 0.6) is 0 Å². The second-order valence-corrected chi connectivity index (χ2v) is 8.61. The molecule has 0 radical (unpaired) electrons. The first-order valence-electron chi connectivity index (χ1n) is 8.85. The monoisotopic (exact) mass is 385 g/mol. The zero-order chi connectivity index (χ0) is 19.4. The van der Waals surface area contributed by atoms with Gasteiger partial charge in [-0.3, -0.25) is 0 Å². The first-order chi connectivity index (χ1) is 12.8. The Kier molecular flexibility index (Phi) is 5.60. The lowest BCUT2D eigenvalue weighted by Gasteiger charge is -2.10. The van der Waals surface area contributed by atoms with Gasteiger partial charge in [0.1, 0.15) is 0 Å². The Morgan fingerprint density at radius 1 is 0.963 bits per heavy atom. The van der Waals surface area contributed by atoms with E-state index in [2.05, 4.69) is 40.9 Å². The van der Waals surface area contributed by atoms with Crippen LogP contribution in [-0.4, -0.2) is 18.6 Å². The molecule has 0 aliphatic carbocycles. The van der Waals surface area contributed by atoms with Gasteiger partial charge in [0.25, 0.3) is 10.0 Å². The molecule has 0 saturated heterocycles. The van der Waals surface area contributed by atoms with Crippen LogP contribution in [0, 0.1) is 5.92 Å². The summed E-state index contributed by atoms with van der Waals surface area (Å²) >= 11 is 0. The van der Waals surface area contributed by atoms with Crippen molar-refractivity contribution in [1.29, 1.82) is 0 Å². The van der Waals surface area contributed by atoms with Crippen molar-refractivity contribution in [3.63, 3.8) is 0 Å². The average Bonchev–Trinajstić information content (AvgIpc) is 3.10. The predicted molar refractivity (Wildman–Crippen MR) is 104 cm³/mol. The van der Waals surface area contributed by atoms with E-state index >= 15 is 0 Å². The zero-order valence-electron chi connectivity index (χ0n) is 15.6. The fourth-order valence-electron chi connectivity index (χ4n) is 2.78. The van der Waals surface area contributed by atoms with Crippen molar-refractivity contribution in [2.24, 2.45) is 5.92 Å². The van der Waals surface area contributed by atoms with Crippen LogP contribution < -0.4 is 4.72 Å². The molecule has 3 aromatic rings. The summed E-state index contributed by atoms with van der Waals surface area (Å²) in [5.41, 5.74) is 2.31. The van der Waals surface area contributed by atoms with E-state index in [1.54, 1.807) is 18.2 Å². The van der Waals surface area contributed by atoms with Crippen LogP contribution in [0.15, 0.2) is 63.9 Å². The molecule has 0 aliphatic heterocycles. The van der Waals surface area contributed by atoms with E-state index in [9.17, 15) is 8.42 Å². The lowest BCUT2D eigenvalue weighted by atomic mass is 9.97. The van der Waals surface area contributed by atoms with E-state index in [1.807, 2.05) is 19.1 Å². The number of benzene rings is 2. The molecule has 27 heavy (non-hydrogen) atoms. The molecule has 1 N–H and O–H groups in total. The largest absolute Gasteiger partial charge is 0.407 e. The first kappa shape index (κ1) is 19.1. The van der Waals surface area contributed by atoms with E-state index in [0.717, 1.165) is 12.0 Å². The minimum absolute atomic E-state index is 0.138. The van der Waals surface area contributed by atoms with Gasteiger partial charge in [-0.1, -0.05) is 61.4 Å². The molecule has 0 saturated carbocycles. The topological polar surface area (TPSA) is 85.1 Å². The number of aromatic nitrogens is 2. The minimum Gasteiger partial charge on any atom is -0.407 e. The molecule has 0 amide bonds. The molecule has 0 bridgehead atoms. The maximum Gasteiger partial charge on any atom is 0.329 e. The van der Waals surface area contributed by atoms with Gasteiger partial charge in [-0.05, 0) is 42.5 Å². The Morgan fingerprint density at radius 3 is 2.26 bits per heavy atom. The number of anilines is 1. The Hall–Kier alpha value is -2.67. The van der Waals surface area contributed by atoms with Crippen molar-refractivity contribution < 1.29 is 12.8 Å². The van der Waals surface area contributed by atoms with Gasteiger partial charge in [-0.25, -0.2) is 13.1 Å². The highest BCUT2D eigenvalue weighted by atomic mass is 32.2. The third-order valence-electron chi connectivity index (χ3n) is 4.21. The summed E-state index contributed by atoms with van der Waals surface area (Å²) in [5.74, 6) is 0.822. The maximum absolute atomic E-state index is 12.3. The van der Waals surface area contributed by atoms with E-state index in [4.69, 9.17) is 4.42 Å². The van der Waals surface area contributed by atoms with Crippen molar-refractivity contribution in [2.45, 2.75) is 38.0 Å². The van der Waals surface area contributed by atoms with Crippen molar-refractivity contribution in [1.82, 2.24) is 10.2 Å². The average molecular weight is 385 g/mol. The number of hydrogen-bond donors (Lipinski definition) is 1. The number of nitrogens with one attached hydrogen (secondary N) is 1. The van der Waals surface area contributed by atoms with Crippen molar-refractivity contribution in [3.8, 4) is 0 Å². The lowest BCUT2D eigenvalue weighted by molar-refractivity contribution is 0.493. The third kappa shape index (κ3) is 4.74. The third-order valence-corrected chi connectivity index (χ3v) is 5.55. The van der Waals surface area contributed by atoms with E-state index in [1.165, 1.54) is 17.7 Å². The predicted octanol–water partition coefficient (Wildman–Crippen LogP) is 4.22. The van der Waals surface area contributed by atoms with Crippen LogP contribution in [0.25, 0.3) is 0 Å². The smallest absolute Gasteiger partial charge is 0.329 e. The summed E-state index contributed by atoms with van der Waals surface area (Å²) in [6.07, 6.45) is 1.03. The minimum atomic E-state index is -3.75. The summed E-state index contributed by atoms with van der Waals surface area (Å²) in [6, 6.07) is 16.2. The molecule has 1 atom stereocenters. The van der Waals surface area contributed by atoms with Gasteiger partial charge in [0, 0.05) is 0 Å². The molecular weight excluding hydrogens is 362 g/mol. The van der Waals surface area contributed by atoms with Gasteiger partial charge < -0.3 is 4.42 Å². The zero-order valence-corrected chi connectivity index (χ0v) is 16.4. The van der Waals surface area contributed by atoms with E-state index in [0.29, 0.717) is 11.8 Å². The molecule has 1 unspecified atom stereocenters. The fourth-order valence-corrected chi connectivity index (χ4v) is 3.73. The van der Waals surface area contributed by atoms with Crippen LogP contribution in [0.3, 0.4) is 0 Å². The summed E-state index contributed by atoms with van der Waals surface area (Å²) < 4.78 is 32.5. The highest BCUT2D eigenvalue weighted by Gasteiger charge is 2.20. The summed E-state index contributed by atoms with van der Waals surface area (Å²) in [7, 11) is -3.75. The van der Waals surface area contributed by atoms with Gasteiger partial charge in [0.2, 0.25) is 5.89 Å². The van der Waals surface area contributed by atoms with Gasteiger partial charge in [-0.2, -0.15) is 0 Å². The second kappa shape index (κ2) is 7.92. The number of sulfonamides is 1. The molecule has 0 aliphatic rings. The van der Waals surface area contributed by atoms with E-state index < -0.39 is 10.0 Å². The van der Waals surface area contributed by atoms with Gasteiger partial charge >= 0.3 is 6.01 Å². The molecule has 6 nitrogen and oxygen atoms in total. The Balaban J connectivity index is 1.73. The maximum atomic E-state index is 12.3. The lowest BCUT2D eigenvalue weighted by Crippen LogP contribution is -2.12. The van der Waals surface area contributed by atoms with Crippen molar-refractivity contribution >= 4 is 16.0 Å². The second-order valence-electron chi connectivity index (χ2n) is 6.93. The fraction of sp³-hybridized carbons (Fsp3) is 0.300. The number of hydrogen-bond acceptors (Lipinski definition) is 5. The molecule has 7 heteroatoms. The highest BCUT2D eigenvalue weighted by molar-refractivity contribution is 7.92. The summed E-state index contributed by atoms with van der Waals surface area (Å²) in [4.78, 5) is 0.138. The Labute approximate surface area is 159 Å². The summed E-state index contributed by atoms with van der Waals surface area (Å²) in [6.45, 7) is 6.32. The number of rotatable bonds is 7. The van der Waals surface area contributed by atoms with Crippen molar-refractivity contribution in [2.75, 3.05) is 4.72 Å². The van der Waals surface area contributed by atoms with Crippen LogP contribution >= 0.6 is 0 Å². The SMILES string of the molecule is CC(C)Cc1ccc(C(C)c2nnc(NS(=O)(=O)c3ccccc3)o2)cc1. The van der Waals surface area contributed by atoms with Crippen LogP contribution in [0.4, 0.5) is 6.01 Å². The quantitative estimate of drug-likeness (QED) is 0.658. The molecule has 142 valence electrons. The first-order valence-corrected chi connectivity index (χ1v) is 10.3. The molecule has 1 heterocycles. The standard InChI is InChI=1S/C20H23N3O3S/c1-14(2)13-16-9-11-17(12-10-16)15(3)19-21-22-20(26-19)23-27(24,25)18-7-5-4-6-8-18/h4-12,14-15H,13H2,1-3H3,(H,22,23). The molecule has 0 spiro atoms. The highest BCUT2D eigenvalue weighted by Crippen LogP contribution is 2.25. The van der Waals surface area contributed by atoms with Gasteiger partial charge in [-0.15, -0.1) is 5.10 Å². The van der Waals surface area contributed by atoms with Crippen LogP contribution in [0.2, 0.25) is 0 Å². The van der Waals surface area contributed by atoms with Crippen LogP contribution in [-0.2, 0) is 16.4 Å². The normalized spacial score (nSPS) is 12.9. The molecular formula is C20H23N3O3S. The molecule has 0 fully saturated rings. The number of nitrogens with zero attached hydrogens (tertiary/aromatic N) is 2. The summed E-state index contributed by atoms with van der Waals surface area (Å²) in [5, 5.41) is 7.82. The molecule has 2 aromatic carbocycles. The Bertz CT molecular complexity index is 981. The van der Waals surface area contributed by atoms with Crippen molar-refractivity contribution in [3.05, 3.63) is 71.6 Å². The Morgan fingerprint density at radius 2 is 1.63 bits per heavy atom. The molecule has 3 rings (SSSR count).